The molecule has 1 heterocycles. The van der Waals surface area contributed by atoms with Crippen LogP contribution in [0.15, 0.2) is 41.0 Å². The van der Waals surface area contributed by atoms with Gasteiger partial charge in [0.25, 0.3) is 0 Å². The summed E-state index contributed by atoms with van der Waals surface area (Å²) in [7, 11) is 0. The van der Waals surface area contributed by atoms with Crippen molar-refractivity contribution in [3.8, 4) is 0 Å². The molecule has 102 valence electrons. The number of benzene rings is 1. The van der Waals surface area contributed by atoms with Crippen molar-refractivity contribution in [1.82, 2.24) is 15.1 Å². The molecule has 3 nitrogen and oxygen atoms in total. The molecule has 0 aliphatic carbocycles. The van der Waals surface area contributed by atoms with Crippen LogP contribution in [0, 0.1) is 0 Å². The van der Waals surface area contributed by atoms with Crippen molar-refractivity contribution in [2.75, 3.05) is 0 Å². The molecule has 0 aliphatic rings. The van der Waals surface area contributed by atoms with Gasteiger partial charge in [-0.1, -0.05) is 41.1 Å². The monoisotopic (exact) mass is 321 g/mol. The van der Waals surface area contributed by atoms with Crippen LogP contribution in [-0.2, 0) is 13.1 Å². The van der Waals surface area contributed by atoms with E-state index >= 15 is 0 Å². The summed E-state index contributed by atoms with van der Waals surface area (Å²) in [6.45, 7) is 6.00. The van der Waals surface area contributed by atoms with Gasteiger partial charge in [0.15, 0.2) is 0 Å². The molecule has 1 atom stereocenters. The average Bonchev–Trinajstić information content (AvgIpc) is 2.89. The van der Waals surface area contributed by atoms with Crippen LogP contribution in [0.1, 0.15) is 37.6 Å². The molecule has 4 heteroatoms. The standard InChI is InChI=1S/C15H20BrN3/c1-3-12(2)19-9-8-14(18-19)11-17-10-13-6-4-5-7-15(13)16/h4-9,12,17H,3,10-11H2,1-2H3. The molecule has 0 spiro atoms. The van der Waals surface area contributed by atoms with Crippen LogP contribution in [-0.4, -0.2) is 9.78 Å². The van der Waals surface area contributed by atoms with Gasteiger partial charge in [0.1, 0.15) is 0 Å². The summed E-state index contributed by atoms with van der Waals surface area (Å²) in [6.07, 6.45) is 3.16. The minimum Gasteiger partial charge on any atom is -0.307 e. The Morgan fingerprint density at radius 2 is 2.05 bits per heavy atom. The van der Waals surface area contributed by atoms with E-state index in [9.17, 15) is 0 Å². The van der Waals surface area contributed by atoms with Gasteiger partial charge in [0, 0.05) is 29.8 Å². The Labute approximate surface area is 123 Å². The highest BCUT2D eigenvalue weighted by molar-refractivity contribution is 9.10. The summed E-state index contributed by atoms with van der Waals surface area (Å²) in [6, 6.07) is 10.8. The number of nitrogens with one attached hydrogen (secondary N) is 1. The number of hydrogen-bond donors (Lipinski definition) is 1. The van der Waals surface area contributed by atoms with Gasteiger partial charge in [-0.2, -0.15) is 5.10 Å². The minimum atomic E-state index is 0.469. The molecule has 0 radical (unpaired) electrons. The van der Waals surface area contributed by atoms with Gasteiger partial charge < -0.3 is 5.32 Å². The van der Waals surface area contributed by atoms with E-state index in [0.29, 0.717) is 6.04 Å². The highest BCUT2D eigenvalue weighted by Crippen LogP contribution is 2.15. The van der Waals surface area contributed by atoms with E-state index in [0.717, 1.165) is 29.7 Å². The lowest BCUT2D eigenvalue weighted by Gasteiger charge is -2.08. The second-order valence-electron chi connectivity index (χ2n) is 4.74. The molecule has 1 aromatic carbocycles. The van der Waals surface area contributed by atoms with Crippen molar-refractivity contribution < 1.29 is 0 Å². The van der Waals surface area contributed by atoms with Crippen LogP contribution < -0.4 is 5.32 Å². The second kappa shape index (κ2) is 6.87. The van der Waals surface area contributed by atoms with Crippen LogP contribution in [0.3, 0.4) is 0 Å². The first kappa shape index (κ1) is 14.3. The van der Waals surface area contributed by atoms with Crippen LogP contribution >= 0.6 is 15.9 Å². The fourth-order valence-corrected chi connectivity index (χ4v) is 2.30. The Balaban J connectivity index is 1.86. The third-order valence-electron chi connectivity index (χ3n) is 3.29. The third-order valence-corrected chi connectivity index (χ3v) is 4.06. The van der Waals surface area contributed by atoms with Gasteiger partial charge in [-0.15, -0.1) is 0 Å². The van der Waals surface area contributed by atoms with Gasteiger partial charge in [-0.3, -0.25) is 4.68 Å². The van der Waals surface area contributed by atoms with Crippen molar-refractivity contribution in [1.29, 1.82) is 0 Å². The zero-order chi connectivity index (χ0) is 13.7. The Hall–Kier alpha value is -1.13. The highest BCUT2D eigenvalue weighted by atomic mass is 79.9. The molecule has 1 N–H and O–H groups in total. The smallest absolute Gasteiger partial charge is 0.0762 e. The zero-order valence-corrected chi connectivity index (χ0v) is 13.0. The molecule has 2 rings (SSSR count). The van der Waals surface area contributed by atoms with E-state index < -0.39 is 0 Å². The van der Waals surface area contributed by atoms with Gasteiger partial charge in [-0.25, -0.2) is 0 Å². The van der Waals surface area contributed by atoms with E-state index in [1.54, 1.807) is 0 Å². The molecule has 1 aromatic heterocycles. The van der Waals surface area contributed by atoms with Crippen molar-refractivity contribution in [3.63, 3.8) is 0 Å². The number of hydrogen-bond acceptors (Lipinski definition) is 2. The SMILES string of the molecule is CCC(C)n1ccc(CNCc2ccccc2Br)n1. The quantitative estimate of drug-likeness (QED) is 0.874. The molecule has 0 saturated carbocycles. The molecule has 0 saturated heterocycles. The number of rotatable bonds is 6. The molecule has 0 bridgehead atoms. The summed E-state index contributed by atoms with van der Waals surface area (Å²) in [5.41, 5.74) is 2.36. The summed E-state index contributed by atoms with van der Waals surface area (Å²) < 4.78 is 3.18. The molecule has 0 fully saturated rings. The van der Waals surface area contributed by atoms with Crippen molar-refractivity contribution in [2.45, 2.75) is 39.4 Å². The van der Waals surface area contributed by atoms with Crippen LogP contribution in [0.25, 0.3) is 0 Å². The maximum absolute atomic E-state index is 4.58. The van der Waals surface area contributed by atoms with Crippen LogP contribution in [0.2, 0.25) is 0 Å². The molecule has 2 aromatic rings. The van der Waals surface area contributed by atoms with Gasteiger partial charge >= 0.3 is 0 Å². The zero-order valence-electron chi connectivity index (χ0n) is 11.4. The fourth-order valence-electron chi connectivity index (χ4n) is 1.87. The summed E-state index contributed by atoms with van der Waals surface area (Å²) in [5, 5.41) is 8.00. The predicted octanol–water partition coefficient (Wildman–Crippen LogP) is 3.91. The number of nitrogens with zero attached hydrogens (tertiary/aromatic N) is 2. The third kappa shape index (κ3) is 3.91. The Kier molecular flexibility index (Phi) is 5.16. The maximum atomic E-state index is 4.58. The lowest BCUT2D eigenvalue weighted by atomic mass is 10.2. The molecular formula is C15H20BrN3. The van der Waals surface area contributed by atoms with E-state index in [1.165, 1.54) is 5.56 Å². The van der Waals surface area contributed by atoms with Gasteiger partial charge in [0.05, 0.1) is 5.69 Å². The molecule has 19 heavy (non-hydrogen) atoms. The van der Waals surface area contributed by atoms with E-state index in [4.69, 9.17) is 0 Å². The number of halogens is 1. The first-order valence-corrected chi connectivity index (χ1v) is 7.48. The lowest BCUT2D eigenvalue weighted by Crippen LogP contribution is -2.14. The predicted molar refractivity (Wildman–Crippen MR) is 81.9 cm³/mol. The van der Waals surface area contributed by atoms with Crippen molar-refractivity contribution in [2.24, 2.45) is 0 Å². The molecule has 1 unspecified atom stereocenters. The number of aromatic nitrogens is 2. The summed E-state index contributed by atoms with van der Waals surface area (Å²) in [4.78, 5) is 0. The van der Waals surface area contributed by atoms with E-state index in [-0.39, 0.29) is 0 Å². The van der Waals surface area contributed by atoms with Crippen LogP contribution in [0.4, 0.5) is 0 Å². The Morgan fingerprint density at radius 3 is 2.79 bits per heavy atom. The molecule has 0 aliphatic heterocycles. The topological polar surface area (TPSA) is 29.9 Å². The normalized spacial score (nSPS) is 12.6. The Bertz CT molecular complexity index is 522. The molecule has 0 amide bonds. The van der Waals surface area contributed by atoms with Crippen molar-refractivity contribution >= 4 is 15.9 Å². The average molecular weight is 322 g/mol. The lowest BCUT2D eigenvalue weighted by molar-refractivity contribution is 0.471. The second-order valence-corrected chi connectivity index (χ2v) is 5.59. The minimum absolute atomic E-state index is 0.469. The van der Waals surface area contributed by atoms with Gasteiger partial charge in [0.2, 0.25) is 0 Å². The summed E-state index contributed by atoms with van der Waals surface area (Å²) in [5.74, 6) is 0. The first-order chi connectivity index (χ1) is 9.20. The molecular weight excluding hydrogens is 302 g/mol. The highest BCUT2D eigenvalue weighted by Gasteiger charge is 2.04. The van der Waals surface area contributed by atoms with E-state index in [1.807, 2.05) is 10.7 Å². The van der Waals surface area contributed by atoms with Crippen molar-refractivity contribution in [3.05, 3.63) is 52.3 Å². The largest absolute Gasteiger partial charge is 0.307 e. The summed E-state index contributed by atoms with van der Waals surface area (Å²) >= 11 is 3.56. The van der Waals surface area contributed by atoms with E-state index in [2.05, 4.69) is 70.7 Å². The first-order valence-electron chi connectivity index (χ1n) is 6.69. The fraction of sp³-hybridized carbons (Fsp3) is 0.400. The Morgan fingerprint density at radius 1 is 1.26 bits per heavy atom. The van der Waals surface area contributed by atoms with Crippen LogP contribution in [0.5, 0.6) is 0 Å². The maximum Gasteiger partial charge on any atom is 0.0762 e. The van der Waals surface area contributed by atoms with Gasteiger partial charge in [-0.05, 0) is 31.0 Å².